The number of hydrogen-bond donors (Lipinski definition) is 1. The number of carbonyl (C=O) groups is 1. The first-order chi connectivity index (χ1) is 10.2. The van der Waals surface area contributed by atoms with Crippen molar-refractivity contribution in [3.05, 3.63) is 64.6 Å². The van der Waals surface area contributed by atoms with Crippen molar-refractivity contribution >= 4 is 33.6 Å². The van der Waals surface area contributed by atoms with E-state index < -0.39 is 0 Å². The van der Waals surface area contributed by atoms with Crippen molar-refractivity contribution in [3.8, 4) is 5.75 Å². The Labute approximate surface area is 132 Å². The van der Waals surface area contributed by atoms with Gasteiger partial charge in [0.25, 0.3) is 0 Å². The second-order valence-corrected chi connectivity index (χ2v) is 5.25. The number of carbonyl (C=O) groups excluding carboxylic acids is 1. The lowest BCUT2D eigenvalue weighted by Crippen LogP contribution is -2.07. The Morgan fingerprint density at radius 3 is 2.67 bits per heavy atom. The van der Waals surface area contributed by atoms with Crippen LogP contribution in [0, 0.1) is 0 Å². The Hall–Kier alpha value is -2.07. The quantitative estimate of drug-likeness (QED) is 0.810. The number of hydrogen-bond acceptors (Lipinski definition) is 2. The van der Waals surface area contributed by atoms with Crippen LogP contribution in [0.1, 0.15) is 12.5 Å². The first kappa shape index (κ1) is 15.3. The van der Waals surface area contributed by atoms with E-state index in [0.29, 0.717) is 6.61 Å². The topological polar surface area (TPSA) is 38.3 Å². The van der Waals surface area contributed by atoms with Gasteiger partial charge in [-0.15, -0.1) is 0 Å². The van der Waals surface area contributed by atoms with E-state index in [1.54, 1.807) is 6.08 Å². The van der Waals surface area contributed by atoms with E-state index in [9.17, 15) is 4.79 Å². The van der Waals surface area contributed by atoms with E-state index in [2.05, 4.69) is 21.2 Å². The Balaban J connectivity index is 1.95. The Morgan fingerprint density at radius 1 is 1.24 bits per heavy atom. The normalized spacial score (nSPS) is 10.6. The van der Waals surface area contributed by atoms with Gasteiger partial charge in [0.15, 0.2) is 0 Å². The summed E-state index contributed by atoms with van der Waals surface area (Å²) in [7, 11) is 0. The Morgan fingerprint density at radius 2 is 2.00 bits per heavy atom. The lowest BCUT2D eigenvalue weighted by Gasteiger charge is -2.05. The molecule has 0 aliphatic rings. The zero-order chi connectivity index (χ0) is 15.1. The van der Waals surface area contributed by atoms with Gasteiger partial charge in [0.2, 0.25) is 5.91 Å². The molecule has 0 unspecified atom stereocenters. The van der Waals surface area contributed by atoms with Crippen LogP contribution < -0.4 is 10.1 Å². The first-order valence-corrected chi connectivity index (χ1v) is 7.44. The van der Waals surface area contributed by atoms with Gasteiger partial charge in [0, 0.05) is 16.2 Å². The maximum atomic E-state index is 11.8. The fraction of sp³-hybridized carbons (Fsp3) is 0.118. The van der Waals surface area contributed by atoms with Gasteiger partial charge in [-0.3, -0.25) is 4.79 Å². The molecule has 1 amide bonds. The molecule has 3 nitrogen and oxygen atoms in total. The molecule has 2 rings (SSSR count). The number of ether oxygens (including phenoxy) is 1. The molecule has 4 heteroatoms. The van der Waals surface area contributed by atoms with E-state index in [1.165, 1.54) is 6.08 Å². The summed E-state index contributed by atoms with van der Waals surface area (Å²) in [6.45, 7) is 2.56. The number of rotatable bonds is 5. The monoisotopic (exact) mass is 345 g/mol. The molecule has 0 bridgehead atoms. The third kappa shape index (κ3) is 5.08. The fourth-order valence-electron chi connectivity index (χ4n) is 1.77. The molecule has 108 valence electrons. The summed E-state index contributed by atoms with van der Waals surface area (Å²) in [6, 6.07) is 15.0. The predicted octanol–water partition coefficient (Wildman–Crippen LogP) is 4.50. The van der Waals surface area contributed by atoms with Gasteiger partial charge in [0.1, 0.15) is 5.75 Å². The van der Waals surface area contributed by atoms with Crippen LogP contribution in [-0.4, -0.2) is 12.5 Å². The van der Waals surface area contributed by atoms with Crippen molar-refractivity contribution in [1.82, 2.24) is 0 Å². The third-order valence-electron chi connectivity index (χ3n) is 2.71. The summed E-state index contributed by atoms with van der Waals surface area (Å²) in [5.74, 6) is 0.624. The minimum atomic E-state index is -0.167. The molecule has 0 saturated carbocycles. The van der Waals surface area contributed by atoms with Crippen LogP contribution in [-0.2, 0) is 4.79 Å². The summed E-state index contributed by atoms with van der Waals surface area (Å²) in [6.07, 6.45) is 3.28. The third-order valence-corrected chi connectivity index (χ3v) is 3.20. The predicted molar refractivity (Wildman–Crippen MR) is 89.4 cm³/mol. The number of amides is 1. The lowest BCUT2D eigenvalue weighted by atomic mass is 10.2. The number of halogens is 1. The second-order valence-electron chi connectivity index (χ2n) is 4.33. The Bertz CT molecular complexity index is 635. The summed E-state index contributed by atoms with van der Waals surface area (Å²) in [4.78, 5) is 11.8. The summed E-state index contributed by atoms with van der Waals surface area (Å²) in [5, 5.41) is 2.80. The van der Waals surface area contributed by atoms with Crippen molar-refractivity contribution in [1.29, 1.82) is 0 Å². The lowest BCUT2D eigenvalue weighted by molar-refractivity contribution is -0.111. The van der Waals surface area contributed by atoms with Crippen molar-refractivity contribution in [3.63, 3.8) is 0 Å². The molecular formula is C17H16BrNO2. The second kappa shape index (κ2) is 7.64. The van der Waals surface area contributed by atoms with Crippen LogP contribution in [0.2, 0.25) is 0 Å². The van der Waals surface area contributed by atoms with Gasteiger partial charge in [0.05, 0.1) is 6.61 Å². The van der Waals surface area contributed by atoms with Crippen LogP contribution in [0.3, 0.4) is 0 Å². The molecule has 2 aromatic rings. The van der Waals surface area contributed by atoms with E-state index >= 15 is 0 Å². The van der Waals surface area contributed by atoms with Gasteiger partial charge in [-0.1, -0.05) is 28.1 Å². The fourth-order valence-corrected chi connectivity index (χ4v) is 2.18. The van der Waals surface area contributed by atoms with Crippen LogP contribution in [0.25, 0.3) is 6.08 Å². The highest BCUT2D eigenvalue weighted by molar-refractivity contribution is 9.10. The summed E-state index contributed by atoms with van der Waals surface area (Å²) in [5.41, 5.74) is 1.70. The van der Waals surface area contributed by atoms with E-state index in [1.807, 2.05) is 55.5 Å². The highest BCUT2D eigenvalue weighted by atomic mass is 79.9. The van der Waals surface area contributed by atoms with Crippen LogP contribution in [0.4, 0.5) is 5.69 Å². The molecule has 0 radical (unpaired) electrons. The van der Waals surface area contributed by atoms with Crippen molar-refractivity contribution in [2.24, 2.45) is 0 Å². The highest BCUT2D eigenvalue weighted by Gasteiger charge is 1.99. The number of nitrogens with one attached hydrogen (secondary N) is 1. The summed E-state index contributed by atoms with van der Waals surface area (Å²) >= 11 is 3.40. The van der Waals surface area contributed by atoms with Crippen LogP contribution in [0.5, 0.6) is 5.75 Å². The molecular weight excluding hydrogens is 330 g/mol. The molecule has 0 spiro atoms. The van der Waals surface area contributed by atoms with Crippen LogP contribution in [0.15, 0.2) is 59.1 Å². The summed E-state index contributed by atoms with van der Waals surface area (Å²) < 4.78 is 6.33. The number of anilines is 1. The molecule has 0 fully saturated rings. The van der Waals surface area contributed by atoms with Crippen molar-refractivity contribution in [2.45, 2.75) is 6.92 Å². The molecule has 0 heterocycles. The maximum Gasteiger partial charge on any atom is 0.248 e. The molecule has 0 atom stereocenters. The van der Waals surface area contributed by atoms with Gasteiger partial charge in [-0.05, 0) is 55.0 Å². The van der Waals surface area contributed by atoms with E-state index in [-0.39, 0.29) is 5.91 Å². The van der Waals surface area contributed by atoms with E-state index in [4.69, 9.17) is 4.74 Å². The molecule has 0 aliphatic carbocycles. The van der Waals surface area contributed by atoms with Crippen molar-refractivity contribution in [2.75, 3.05) is 11.9 Å². The van der Waals surface area contributed by atoms with Gasteiger partial charge >= 0.3 is 0 Å². The van der Waals surface area contributed by atoms with Gasteiger partial charge in [-0.25, -0.2) is 0 Å². The first-order valence-electron chi connectivity index (χ1n) is 6.65. The molecule has 21 heavy (non-hydrogen) atoms. The van der Waals surface area contributed by atoms with E-state index in [0.717, 1.165) is 21.5 Å². The smallest absolute Gasteiger partial charge is 0.248 e. The average molecular weight is 346 g/mol. The molecule has 0 saturated heterocycles. The average Bonchev–Trinajstić information content (AvgIpc) is 2.48. The largest absolute Gasteiger partial charge is 0.494 e. The van der Waals surface area contributed by atoms with Gasteiger partial charge < -0.3 is 10.1 Å². The minimum absolute atomic E-state index is 0.167. The zero-order valence-electron chi connectivity index (χ0n) is 11.7. The molecule has 0 aromatic heterocycles. The van der Waals surface area contributed by atoms with Crippen molar-refractivity contribution < 1.29 is 9.53 Å². The maximum absolute atomic E-state index is 11.8. The molecule has 2 aromatic carbocycles. The van der Waals surface area contributed by atoms with Gasteiger partial charge in [-0.2, -0.15) is 0 Å². The number of benzene rings is 2. The standard InChI is InChI=1S/C17H16BrNO2/c1-2-21-16-9-7-15(8-10-16)19-17(20)11-6-13-4-3-5-14(18)12-13/h3-12H,2H2,1H3,(H,19,20)/b11-6+. The zero-order valence-corrected chi connectivity index (χ0v) is 13.3. The SMILES string of the molecule is CCOc1ccc(NC(=O)/C=C/c2cccc(Br)c2)cc1. The highest BCUT2D eigenvalue weighted by Crippen LogP contribution is 2.16. The molecule has 0 aliphatic heterocycles. The Kier molecular flexibility index (Phi) is 5.58. The minimum Gasteiger partial charge on any atom is -0.494 e. The molecule has 1 N–H and O–H groups in total. The van der Waals surface area contributed by atoms with Crippen LogP contribution >= 0.6 is 15.9 Å².